The van der Waals surface area contributed by atoms with E-state index in [1.165, 1.54) is 43.0 Å². The van der Waals surface area contributed by atoms with Gasteiger partial charge in [-0.15, -0.1) is 11.8 Å². The number of carbonyl (C=O) groups excluding carboxylic acids is 2. The van der Waals surface area contributed by atoms with E-state index < -0.39 is 17.9 Å². The van der Waals surface area contributed by atoms with Gasteiger partial charge in [0.2, 0.25) is 5.78 Å². The highest BCUT2D eigenvalue weighted by Crippen LogP contribution is 2.19. The topological polar surface area (TPSA) is 56.3 Å². The van der Waals surface area contributed by atoms with Crippen molar-refractivity contribution in [3.63, 3.8) is 0 Å². The normalized spacial score (nSPS) is 11.8. The molecule has 2 aromatic rings. The first-order valence-electron chi connectivity index (χ1n) is 6.52. The minimum absolute atomic E-state index is 0.290. The standard InChI is InChI=1S/C16H14FNO3S/c1-10(14(19)11-5-7-12(17)8-6-11)21-16(20)13-4-3-9-18-15(13)22-2/h3-10H,1-2H3/t10-/m0/s1. The third kappa shape index (κ3) is 3.71. The molecule has 0 fully saturated rings. The molecule has 0 amide bonds. The van der Waals surface area contributed by atoms with Crippen LogP contribution in [-0.2, 0) is 4.74 Å². The zero-order valence-corrected chi connectivity index (χ0v) is 12.9. The summed E-state index contributed by atoms with van der Waals surface area (Å²) < 4.78 is 18.0. The molecule has 1 aromatic heterocycles. The van der Waals surface area contributed by atoms with Crippen molar-refractivity contribution in [1.82, 2.24) is 4.98 Å². The lowest BCUT2D eigenvalue weighted by Gasteiger charge is -2.13. The summed E-state index contributed by atoms with van der Waals surface area (Å²) in [6.07, 6.45) is 2.41. The molecule has 1 aromatic carbocycles. The predicted molar refractivity (Wildman–Crippen MR) is 81.6 cm³/mol. The molecule has 0 spiro atoms. The number of carbonyl (C=O) groups is 2. The molecule has 0 aliphatic carbocycles. The van der Waals surface area contributed by atoms with Crippen LogP contribution in [0.1, 0.15) is 27.6 Å². The molecule has 0 radical (unpaired) electrons. The highest BCUT2D eigenvalue weighted by Gasteiger charge is 2.22. The molecular formula is C16H14FNO3S. The second-order valence-corrected chi connectivity index (χ2v) is 5.27. The molecular weight excluding hydrogens is 305 g/mol. The fourth-order valence-electron chi connectivity index (χ4n) is 1.84. The van der Waals surface area contributed by atoms with Crippen molar-refractivity contribution < 1.29 is 18.7 Å². The molecule has 0 N–H and O–H groups in total. The largest absolute Gasteiger partial charge is 0.451 e. The van der Waals surface area contributed by atoms with Crippen molar-refractivity contribution >= 4 is 23.5 Å². The monoisotopic (exact) mass is 319 g/mol. The van der Waals surface area contributed by atoms with Crippen LogP contribution in [0.15, 0.2) is 47.6 Å². The number of thioether (sulfide) groups is 1. The van der Waals surface area contributed by atoms with Crippen LogP contribution in [0.25, 0.3) is 0 Å². The smallest absolute Gasteiger partial charge is 0.341 e. The van der Waals surface area contributed by atoms with Crippen LogP contribution >= 0.6 is 11.8 Å². The molecule has 1 atom stereocenters. The number of hydrogen-bond acceptors (Lipinski definition) is 5. The summed E-state index contributed by atoms with van der Waals surface area (Å²) in [5, 5.41) is 0.536. The second kappa shape index (κ2) is 7.17. The number of esters is 1. The first-order valence-corrected chi connectivity index (χ1v) is 7.75. The number of rotatable bonds is 5. The number of benzene rings is 1. The van der Waals surface area contributed by atoms with Crippen LogP contribution < -0.4 is 0 Å². The molecule has 2 rings (SSSR count). The molecule has 22 heavy (non-hydrogen) atoms. The summed E-state index contributed by atoms with van der Waals surface area (Å²) in [5.74, 6) is -1.43. The highest BCUT2D eigenvalue weighted by molar-refractivity contribution is 7.98. The van der Waals surface area contributed by atoms with Crippen LogP contribution in [0.3, 0.4) is 0 Å². The van der Waals surface area contributed by atoms with Crippen LogP contribution in [0.4, 0.5) is 4.39 Å². The minimum atomic E-state index is -0.965. The Bertz CT molecular complexity index is 688. The first-order chi connectivity index (χ1) is 10.5. The number of ketones is 1. The van der Waals surface area contributed by atoms with E-state index in [0.717, 1.165) is 0 Å². The molecule has 6 heteroatoms. The van der Waals surface area contributed by atoms with Crippen molar-refractivity contribution in [2.45, 2.75) is 18.1 Å². The van der Waals surface area contributed by atoms with Crippen molar-refractivity contribution in [2.24, 2.45) is 0 Å². The SMILES string of the molecule is CSc1ncccc1C(=O)O[C@@H](C)C(=O)c1ccc(F)cc1. The number of nitrogens with zero attached hydrogens (tertiary/aromatic N) is 1. The zero-order chi connectivity index (χ0) is 16.1. The fourth-order valence-corrected chi connectivity index (χ4v) is 2.37. The van der Waals surface area contributed by atoms with Crippen molar-refractivity contribution in [1.29, 1.82) is 0 Å². The van der Waals surface area contributed by atoms with Gasteiger partial charge in [-0.25, -0.2) is 14.2 Å². The summed E-state index contributed by atoms with van der Waals surface area (Å²) in [6.45, 7) is 1.48. The number of hydrogen-bond donors (Lipinski definition) is 0. The van der Waals surface area contributed by atoms with Crippen molar-refractivity contribution in [2.75, 3.05) is 6.26 Å². The highest BCUT2D eigenvalue weighted by atomic mass is 32.2. The molecule has 0 saturated heterocycles. The van der Waals surface area contributed by atoms with E-state index in [1.807, 2.05) is 0 Å². The second-order valence-electron chi connectivity index (χ2n) is 4.48. The van der Waals surface area contributed by atoms with E-state index in [1.54, 1.807) is 24.6 Å². The molecule has 1 heterocycles. The van der Waals surface area contributed by atoms with Crippen LogP contribution in [-0.4, -0.2) is 29.1 Å². The predicted octanol–water partition coefficient (Wildman–Crippen LogP) is 3.37. The summed E-state index contributed by atoms with van der Waals surface area (Å²) in [4.78, 5) is 28.4. The molecule has 114 valence electrons. The molecule has 0 saturated carbocycles. The Balaban J connectivity index is 2.11. The summed E-state index contributed by atoms with van der Waals surface area (Å²) in [5.41, 5.74) is 0.603. The Morgan fingerprint density at radius 1 is 1.23 bits per heavy atom. The minimum Gasteiger partial charge on any atom is -0.451 e. The van der Waals surface area contributed by atoms with Crippen LogP contribution in [0, 0.1) is 5.82 Å². The van der Waals surface area contributed by atoms with E-state index >= 15 is 0 Å². The van der Waals surface area contributed by atoms with Gasteiger partial charge in [0.05, 0.1) is 5.56 Å². The Kier molecular flexibility index (Phi) is 5.27. The first kappa shape index (κ1) is 16.2. The summed E-state index contributed by atoms with van der Waals surface area (Å²) in [7, 11) is 0. The van der Waals surface area contributed by atoms with Gasteiger partial charge in [0.25, 0.3) is 0 Å². The third-order valence-corrected chi connectivity index (χ3v) is 3.68. The number of halogens is 1. The van der Waals surface area contributed by atoms with Gasteiger partial charge < -0.3 is 4.74 Å². The molecule has 0 bridgehead atoms. The van der Waals surface area contributed by atoms with Crippen LogP contribution in [0.2, 0.25) is 0 Å². The fraction of sp³-hybridized carbons (Fsp3) is 0.188. The molecule has 0 aliphatic rings. The maximum Gasteiger partial charge on any atom is 0.341 e. The molecule has 0 aliphatic heterocycles. The van der Waals surface area contributed by atoms with Gasteiger partial charge >= 0.3 is 5.97 Å². The van der Waals surface area contributed by atoms with E-state index in [0.29, 0.717) is 10.6 Å². The third-order valence-electron chi connectivity index (χ3n) is 2.97. The lowest BCUT2D eigenvalue weighted by molar-refractivity contribution is 0.0314. The molecule has 0 unspecified atom stereocenters. The van der Waals surface area contributed by atoms with E-state index in [-0.39, 0.29) is 11.3 Å². The van der Waals surface area contributed by atoms with Crippen molar-refractivity contribution in [3.8, 4) is 0 Å². The van der Waals surface area contributed by atoms with Gasteiger partial charge in [-0.05, 0) is 49.6 Å². The maximum absolute atomic E-state index is 12.9. The summed E-state index contributed by atoms with van der Waals surface area (Å²) >= 11 is 1.32. The quantitative estimate of drug-likeness (QED) is 0.480. The average Bonchev–Trinajstić information content (AvgIpc) is 2.54. The Labute approximate surface area is 131 Å². The number of pyridine rings is 1. The maximum atomic E-state index is 12.9. The summed E-state index contributed by atoms with van der Waals surface area (Å²) in [6, 6.07) is 8.32. The van der Waals surface area contributed by atoms with Gasteiger partial charge in [0.15, 0.2) is 6.10 Å². The van der Waals surface area contributed by atoms with Gasteiger partial charge in [0, 0.05) is 11.8 Å². The van der Waals surface area contributed by atoms with Crippen LogP contribution in [0.5, 0.6) is 0 Å². The Morgan fingerprint density at radius 3 is 2.55 bits per heavy atom. The number of Topliss-reactive ketones (excluding diaryl/α,β-unsaturated/α-hetero) is 1. The lowest BCUT2D eigenvalue weighted by atomic mass is 10.1. The Morgan fingerprint density at radius 2 is 1.91 bits per heavy atom. The number of aromatic nitrogens is 1. The zero-order valence-electron chi connectivity index (χ0n) is 12.1. The number of ether oxygens (including phenoxy) is 1. The van der Waals surface area contributed by atoms with Crippen molar-refractivity contribution in [3.05, 3.63) is 59.5 Å². The van der Waals surface area contributed by atoms with Gasteiger partial charge in [0.1, 0.15) is 10.8 Å². The van der Waals surface area contributed by atoms with Gasteiger partial charge in [-0.1, -0.05) is 0 Å². The van der Waals surface area contributed by atoms with E-state index in [2.05, 4.69) is 4.98 Å². The van der Waals surface area contributed by atoms with E-state index in [9.17, 15) is 14.0 Å². The average molecular weight is 319 g/mol. The van der Waals surface area contributed by atoms with Gasteiger partial charge in [-0.3, -0.25) is 4.79 Å². The van der Waals surface area contributed by atoms with Gasteiger partial charge in [-0.2, -0.15) is 0 Å². The van der Waals surface area contributed by atoms with E-state index in [4.69, 9.17) is 4.74 Å². The molecule has 4 nitrogen and oxygen atoms in total. The Hall–Kier alpha value is -2.21. The lowest BCUT2D eigenvalue weighted by Crippen LogP contribution is -2.24.